The number of methoxy groups -OCH3 is 3. The number of carbonyl (C=O) groups is 2. The fraction of sp³-hybridized carbons (Fsp3) is 0.160. The van der Waals surface area contributed by atoms with E-state index in [0.29, 0.717) is 40.6 Å². The third-order valence-corrected chi connectivity index (χ3v) is 4.75. The highest BCUT2D eigenvalue weighted by Gasteiger charge is 2.15. The van der Waals surface area contributed by atoms with Crippen LogP contribution in [0.15, 0.2) is 67.0 Å². The SMILES string of the molecule is COc1ccc(/C=C/C(=O)Nc2ccccc2C(=O)NCc2cccnc2)c(OC)c1OC. The molecule has 0 saturated carbocycles. The third kappa shape index (κ3) is 5.88. The molecule has 0 unspecified atom stereocenters. The molecule has 2 N–H and O–H groups in total. The second kappa shape index (κ2) is 11.3. The van der Waals surface area contributed by atoms with Crippen LogP contribution < -0.4 is 24.8 Å². The van der Waals surface area contributed by atoms with Gasteiger partial charge in [0.2, 0.25) is 11.7 Å². The molecule has 0 aliphatic rings. The van der Waals surface area contributed by atoms with E-state index in [2.05, 4.69) is 15.6 Å². The normalized spacial score (nSPS) is 10.5. The average Bonchev–Trinajstić information content (AvgIpc) is 2.86. The van der Waals surface area contributed by atoms with Gasteiger partial charge in [-0.2, -0.15) is 0 Å². The van der Waals surface area contributed by atoms with Crippen molar-refractivity contribution in [2.75, 3.05) is 26.6 Å². The molecular weight excluding hydrogens is 422 g/mol. The van der Waals surface area contributed by atoms with Crippen LogP contribution in [0.3, 0.4) is 0 Å². The van der Waals surface area contributed by atoms with Crippen molar-refractivity contribution in [1.82, 2.24) is 10.3 Å². The van der Waals surface area contributed by atoms with Crippen LogP contribution in [-0.4, -0.2) is 38.1 Å². The van der Waals surface area contributed by atoms with Crippen molar-refractivity contribution in [3.05, 3.63) is 83.7 Å². The Balaban J connectivity index is 1.72. The molecule has 0 spiro atoms. The molecule has 8 nitrogen and oxygen atoms in total. The van der Waals surface area contributed by atoms with Gasteiger partial charge in [-0.3, -0.25) is 14.6 Å². The molecule has 0 atom stereocenters. The summed E-state index contributed by atoms with van der Waals surface area (Å²) in [5.41, 5.74) is 2.26. The van der Waals surface area contributed by atoms with Gasteiger partial charge in [-0.1, -0.05) is 18.2 Å². The first-order valence-corrected chi connectivity index (χ1v) is 10.1. The zero-order valence-corrected chi connectivity index (χ0v) is 18.6. The van der Waals surface area contributed by atoms with E-state index < -0.39 is 5.91 Å². The molecular formula is C25H25N3O5. The van der Waals surface area contributed by atoms with Gasteiger partial charge in [0.15, 0.2) is 11.5 Å². The maximum absolute atomic E-state index is 12.7. The number of aromatic nitrogens is 1. The molecule has 1 heterocycles. The molecule has 0 aliphatic heterocycles. The van der Waals surface area contributed by atoms with Gasteiger partial charge in [0, 0.05) is 30.6 Å². The number of nitrogens with one attached hydrogen (secondary N) is 2. The van der Waals surface area contributed by atoms with Crippen molar-refractivity contribution in [1.29, 1.82) is 0 Å². The third-order valence-electron chi connectivity index (χ3n) is 4.75. The van der Waals surface area contributed by atoms with Crippen LogP contribution in [0.25, 0.3) is 6.08 Å². The van der Waals surface area contributed by atoms with E-state index in [1.807, 2.05) is 6.07 Å². The number of hydrogen-bond acceptors (Lipinski definition) is 6. The number of para-hydroxylation sites is 1. The highest BCUT2D eigenvalue weighted by atomic mass is 16.5. The lowest BCUT2D eigenvalue weighted by atomic mass is 10.1. The minimum atomic E-state index is -0.403. The summed E-state index contributed by atoms with van der Waals surface area (Å²) in [5, 5.41) is 5.59. The molecule has 0 bridgehead atoms. The van der Waals surface area contributed by atoms with Crippen LogP contribution in [0, 0.1) is 0 Å². The first-order valence-electron chi connectivity index (χ1n) is 10.1. The number of nitrogens with zero attached hydrogens (tertiary/aromatic N) is 1. The molecule has 170 valence electrons. The molecule has 2 amide bonds. The summed E-state index contributed by atoms with van der Waals surface area (Å²) in [5.74, 6) is 0.677. The molecule has 3 rings (SSSR count). The van der Waals surface area contributed by atoms with E-state index in [9.17, 15) is 9.59 Å². The number of hydrogen-bond donors (Lipinski definition) is 2. The number of rotatable bonds is 9. The summed E-state index contributed by atoms with van der Waals surface area (Å²) in [6.07, 6.45) is 6.30. The van der Waals surface area contributed by atoms with E-state index in [-0.39, 0.29) is 5.91 Å². The van der Waals surface area contributed by atoms with Gasteiger partial charge in [-0.05, 0) is 42.0 Å². The Labute approximate surface area is 192 Å². The predicted molar refractivity (Wildman–Crippen MR) is 126 cm³/mol. The summed E-state index contributed by atoms with van der Waals surface area (Å²) >= 11 is 0. The van der Waals surface area contributed by atoms with Crippen LogP contribution in [0.1, 0.15) is 21.5 Å². The Hall–Kier alpha value is -4.33. The van der Waals surface area contributed by atoms with E-state index in [1.165, 1.54) is 27.4 Å². The van der Waals surface area contributed by atoms with Gasteiger partial charge in [-0.25, -0.2) is 0 Å². The Morgan fingerprint density at radius 3 is 2.42 bits per heavy atom. The fourth-order valence-electron chi connectivity index (χ4n) is 3.17. The lowest BCUT2D eigenvalue weighted by Crippen LogP contribution is -2.24. The van der Waals surface area contributed by atoms with Gasteiger partial charge in [-0.15, -0.1) is 0 Å². The standard InChI is InChI=1S/C25H25N3O5/c1-31-21-12-10-18(23(32-2)24(21)33-3)11-13-22(29)28-20-9-5-4-8-19(20)25(30)27-16-17-7-6-14-26-15-17/h4-15H,16H2,1-3H3,(H,27,30)(H,28,29)/b13-11+. The maximum atomic E-state index is 12.7. The van der Waals surface area contributed by atoms with Crippen LogP contribution in [-0.2, 0) is 11.3 Å². The highest BCUT2D eigenvalue weighted by Crippen LogP contribution is 2.40. The fourth-order valence-corrected chi connectivity index (χ4v) is 3.17. The lowest BCUT2D eigenvalue weighted by molar-refractivity contribution is -0.111. The van der Waals surface area contributed by atoms with E-state index in [0.717, 1.165) is 5.56 Å². The van der Waals surface area contributed by atoms with E-state index in [1.54, 1.807) is 60.9 Å². The first kappa shape index (κ1) is 23.3. The Morgan fingerprint density at radius 2 is 1.73 bits per heavy atom. The van der Waals surface area contributed by atoms with E-state index in [4.69, 9.17) is 14.2 Å². The molecule has 0 saturated heterocycles. The topological polar surface area (TPSA) is 98.8 Å². The molecule has 1 aromatic heterocycles. The van der Waals surface area contributed by atoms with Crippen molar-refractivity contribution in [3.8, 4) is 17.2 Å². The quantitative estimate of drug-likeness (QED) is 0.486. The summed E-state index contributed by atoms with van der Waals surface area (Å²) in [4.78, 5) is 29.3. The summed E-state index contributed by atoms with van der Waals surface area (Å²) < 4.78 is 16.1. The molecule has 0 fully saturated rings. The summed E-state index contributed by atoms with van der Waals surface area (Å²) in [6, 6.07) is 13.9. The van der Waals surface area contributed by atoms with Gasteiger partial charge < -0.3 is 24.8 Å². The second-order valence-corrected chi connectivity index (χ2v) is 6.84. The van der Waals surface area contributed by atoms with Gasteiger partial charge >= 0.3 is 0 Å². The minimum absolute atomic E-state index is 0.305. The zero-order chi connectivity index (χ0) is 23.6. The maximum Gasteiger partial charge on any atom is 0.253 e. The van der Waals surface area contributed by atoms with Crippen molar-refractivity contribution >= 4 is 23.6 Å². The largest absolute Gasteiger partial charge is 0.493 e. The van der Waals surface area contributed by atoms with Crippen molar-refractivity contribution in [3.63, 3.8) is 0 Å². The predicted octanol–water partition coefficient (Wildman–Crippen LogP) is 3.69. The molecule has 0 radical (unpaired) electrons. The number of pyridine rings is 1. The first-order chi connectivity index (χ1) is 16.1. The molecule has 3 aromatic rings. The van der Waals surface area contributed by atoms with Crippen LogP contribution in [0.2, 0.25) is 0 Å². The number of ether oxygens (including phenoxy) is 3. The Morgan fingerprint density at radius 1 is 0.939 bits per heavy atom. The van der Waals surface area contributed by atoms with Crippen molar-refractivity contribution in [2.45, 2.75) is 6.54 Å². The number of benzene rings is 2. The monoisotopic (exact) mass is 447 g/mol. The van der Waals surface area contributed by atoms with Crippen molar-refractivity contribution < 1.29 is 23.8 Å². The van der Waals surface area contributed by atoms with E-state index >= 15 is 0 Å². The van der Waals surface area contributed by atoms with Gasteiger partial charge in [0.05, 0.1) is 32.6 Å². The Bertz CT molecular complexity index is 1150. The summed E-state index contributed by atoms with van der Waals surface area (Å²) in [6.45, 7) is 0.327. The number of anilines is 1. The number of amides is 2. The van der Waals surface area contributed by atoms with Crippen LogP contribution in [0.5, 0.6) is 17.2 Å². The molecule has 33 heavy (non-hydrogen) atoms. The zero-order valence-electron chi connectivity index (χ0n) is 18.6. The smallest absolute Gasteiger partial charge is 0.253 e. The Kier molecular flexibility index (Phi) is 8.02. The average molecular weight is 447 g/mol. The van der Waals surface area contributed by atoms with Crippen LogP contribution in [0.4, 0.5) is 5.69 Å². The molecule has 8 heteroatoms. The van der Waals surface area contributed by atoms with Gasteiger partial charge in [0.25, 0.3) is 5.91 Å². The van der Waals surface area contributed by atoms with Crippen molar-refractivity contribution in [2.24, 2.45) is 0 Å². The minimum Gasteiger partial charge on any atom is -0.493 e. The highest BCUT2D eigenvalue weighted by molar-refractivity contribution is 6.07. The molecule has 0 aliphatic carbocycles. The lowest BCUT2D eigenvalue weighted by Gasteiger charge is -2.14. The molecule has 2 aromatic carbocycles. The summed E-state index contributed by atoms with van der Waals surface area (Å²) in [7, 11) is 4.55. The number of carbonyl (C=O) groups excluding carboxylic acids is 2. The second-order valence-electron chi connectivity index (χ2n) is 6.84. The van der Waals surface area contributed by atoms with Crippen LogP contribution >= 0.6 is 0 Å². The van der Waals surface area contributed by atoms with Gasteiger partial charge in [0.1, 0.15) is 0 Å².